The van der Waals surface area contributed by atoms with Crippen molar-refractivity contribution in [2.45, 2.75) is 13.3 Å². The van der Waals surface area contributed by atoms with E-state index in [0.717, 1.165) is 11.1 Å². The number of ether oxygens (including phenoxy) is 1. The summed E-state index contributed by atoms with van der Waals surface area (Å²) >= 11 is 0. The normalized spacial score (nSPS) is 10.1. The van der Waals surface area contributed by atoms with Gasteiger partial charge in [-0.2, -0.15) is 0 Å². The summed E-state index contributed by atoms with van der Waals surface area (Å²) in [6, 6.07) is 11.1. The molecule has 92 valence electrons. The highest BCUT2D eigenvalue weighted by Crippen LogP contribution is 2.11. The Balaban J connectivity index is 2.14. The predicted octanol–water partition coefficient (Wildman–Crippen LogP) is 2.22. The van der Waals surface area contributed by atoms with Crippen LogP contribution < -0.4 is 4.74 Å². The number of aryl methyl sites for hydroxylation is 1. The molecule has 2 aromatic rings. The number of rotatable bonds is 4. The van der Waals surface area contributed by atoms with Crippen molar-refractivity contribution in [2.24, 2.45) is 0 Å². The van der Waals surface area contributed by atoms with E-state index in [1.807, 2.05) is 31.2 Å². The maximum atomic E-state index is 12.0. The lowest BCUT2D eigenvalue weighted by Gasteiger charge is -2.04. The summed E-state index contributed by atoms with van der Waals surface area (Å²) in [5.74, 6) is 0.363. The van der Waals surface area contributed by atoms with Crippen molar-refractivity contribution in [3.8, 4) is 5.88 Å². The lowest BCUT2D eigenvalue weighted by atomic mass is 10.0. The molecule has 0 amide bonds. The smallest absolute Gasteiger partial charge is 0.233 e. The van der Waals surface area contributed by atoms with E-state index in [1.54, 1.807) is 12.1 Å². The monoisotopic (exact) mass is 242 g/mol. The van der Waals surface area contributed by atoms with Crippen LogP contribution in [0.3, 0.4) is 0 Å². The zero-order chi connectivity index (χ0) is 13.0. The summed E-state index contributed by atoms with van der Waals surface area (Å²) in [6.45, 7) is 1.99. The molecule has 0 N–H and O–H groups in total. The number of carbonyl (C=O) groups is 1. The maximum Gasteiger partial charge on any atom is 0.233 e. The van der Waals surface area contributed by atoms with E-state index in [9.17, 15) is 4.79 Å². The van der Waals surface area contributed by atoms with Gasteiger partial charge in [-0.3, -0.25) is 4.79 Å². The molecule has 0 spiro atoms. The first kappa shape index (κ1) is 12.2. The summed E-state index contributed by atoms with van der Waals surface area (Å²) in [6.07, 6.45) is 0.341. The zero-order valence-corrected chi connectivity index (χ0v) is 10.4. The first-order chi connectivity index (χ1) is 8.70. The SMILES string of the molecule is COc1ccc(C(=O)Cc2ccccc2C)nn1. The van der Waals surface area contributed by atoms with Gasteiger partial charge in [0.1, 0.15) is 5.69 Å². The van der Waals surface area contributed by atoms with Crippen molar-refractivity contribution < 1.29 is 9.53 Å². The standard InChI is InChI=1S/C14H14N2O2/c1-10-5-3-4-6-11(10)9-13(17)12-7-8-14(18-2)16-15-12/h3-8H,9H2,1-2H3. The fourth-order valence-electron chi connectivity index (χ4n) is 1.65. The summed E-state index contributed by atoms with van der Waals surface area (Å²) in [4.78, 5) is 12.0. The van der Waals surface area contributed by atoms with E-state index in [2.05, 4.69) is 10.2 Å². The van der Waals surface area contributed by atoms with Gasteiger partial charge in [0.05, 0.1) is 7.11 Å². The van der Waals surface area contributed by atoms with Crippen LogP contribution in [-0.2, 0) is 6.42 Å². The molecule has 0 fully saturated rings. The van der Waals surface area contributed by atoms with Crippen LogP contribution in [0.2, 0.25) is 0 Å². The molecule has 4 nitrogen and oxygen atoms in total. The fraction of sp³-hybridized carbons (Fsp3) is 0.214. The summed E-state index contributed by atoms with van der Waals surface area (Å²) in [5.41, 5.74) is 2.48. The van der Waals surface area contributed by atoms with Crippen molar-refractivity contribution in [3.63, 3.8) is 0 Å². The van der Waals surface area contributed by atoms with Crippen LogP contribution in [0.5, 0.6) is 5.88 Å². The third-order valence-electron chi connectivity index (χ3n) is 2.75. The molecule has 1 aromatic carbocycles. The number of aromatic nitrogens is 2. The Bertz CT molecular complexity index is 550. The summed E-state index contributed by atoms with van der Waals surface area (Å²) in [5, 5.41) is 7.64. The first-order valence-corrected chi connectivity index (χ1v) is 5.66. The number of hydrogen-bond acceptors (Lipinski definition) is 4. The van der Waals surface area contributed by atoms with Gasteiger partial charge < -0.3 is 4.74 Å². The molecule has 0 aliphatic rings. The average Bonchev–Trinajstić information content (AvgIpc) is 2.41. The van der Waals surface area contributed by atoms with Crippen LogP contribution in [0.4, 0.5) is 0 Å². The molecule has 0 aliphatic carbocycles. The largest absolute Gasteiger partial charge is 0.480 e. The Morgan fingerprint density at radius 3 is 2.56 bits per heavy atom. The van der Waals surface area contributed by atoms with Gasteiger partial charge in [-0.1, -0.05) is 24.3 Å². The van der Waals surface area contributed by atoms with E-state index < -0.39 is 0 Å². The van der Waals surface area contributed by atoms with Gasteiger partial charge in [0, 0.05) is 12.5 Å². The summed E-state index contributed by atoms with van der Waals surface area (Å²) < 4.78 is 4.90. The molecular formula is C14H14N2O2. The Morgan fingerprint density at radius 2 is 1.94 bits per heavy atom. The second kappa shape index (κ2) is 5.40. The van der Waals surface area contributed by atoms with E-state index in [0.29, 0.717) is 18.0 Å². The molecule has 18 heavy (non-hydrogen) atoms. The van der Waals surface area contributed by atoms with Gasteiger partial charge in [-0.15, -0.1) is 10.2 Å². The van der Waals surface area contributed by atoms with Gasteiger partial charge in [0.15, 0.2) is 5.78 Å². The van der Waals surface area contributed by atoms with Gasteiger partial charge in [0.25, 0.3) is 0 Å². The topological polar surface area (TPSA) is 52.1 Å². The highest BCUT2D eigenvalue weighted by Gasteiger charge is 2.10. The van der Waals surface area contributed by atoms with Crippen molar-refractivity contribution in [3.05, 3.63) is 53.2 Å². The molecule has 0 saturated carbocycles. The van der Waals surface area contributed by atoms with Crippen molar-refractivity contribution in [2.75, 3.05) is 7.11 Å². The quantitative estimate of drug-likeness (QED) is 0.771. The van der Waals surface area contributed by atoms with E-state index in [1.165, 1.54) is 7.11 Å². The minimum absolute atomic E-state index is 0.0422. The molecule has 4 heteroatoms. The lowest BCUT2D eigenvalue weighted by molar-refractivity contribution is 0.0987. The molecule has 0 unspecified atom stereocenters. The predicted molar refractivity (Wildman–Crippen MR) is 67.8 cm³/mol. The third kappa shape index (κ3) is 2.71. The second-order valence-electron chi connectivity index (χ2n) is 3.99. The van der Waals surface area contributed by atoms with Crippen molar-refractivity contribution >= 4 is 5.78 Å². The third-order valence-corrected chi connectivity index (χ3v) is 2.75. The minimum Gasteiger partial charge on any atom is -0.480 e. The van der Waals surface area contributed by atoms with Gasteiger partial charge in [-0.05, 0) is 24.1 Å². The van der Waals surface area contributed by atoms with E-state index in [4.69, 9.17) is 4.74 Å². The Labute approximate surface area is 106 Å². The van der Waals surface area contributed by atoms with Gasteiger partial charge >= 0.3 is 0 Å². The number of nitrogens with zero attached hydrogens (tertiary/aromatic N) is 2. The molecule has 0 radical (unpaired) electrons. The van der Waals surface area contributed by atoms with Crippen LogP contribution in [0, 0.1) is 6.92 Å². The molecule has 1 heterocycles. The number of methoxy groups -OCH3 is 1. The van der Waals surface area contributed by atoms with Gasteiger partial charge in [0.2, 0.25) is 5.88 Å². The number of hydrogen-bond donors (Lipinski definition) is 0. The van der Waals surface area contributed by atoms with Crippen molar-refractivity contribution in [1.29, 1.82) is 0 Å². The van der Waals surface area contributed by atoms with Crippen LogP contribution in [0.15, 0.2) is 36.4 Å². The maximum absolute atomic E-state index is 12.0. The average molecular weight is 242 g/mol. The molecule has 0 aliphatic heterocycles. The highest BCUT2D eigenvalue weighted by molar-refractivity contribution is 5.95. The van der Waals surface area contributed by atoms with Crippen LogP contribution in [0.25, 0.3) is 0 Å². The van der Waals surface area contributed by atoms with Crippen LogP contribution in [-0.4, -0.2) is 23.1 Å². The molecule has 0 atom stereocenters. The zero-order valence-electron chi connectivity index (χ0n) is 10.4. The molecule has 2 rings (SSSR count). The van der Waals surface area contributed by atoms with Crippen LogP contribution >= 0.6 is 0 Å². The van der Waals surface area contributed by atoms with E-state index >= 15 is 0 Å². The molecule has 0 bridgehead atoms. The molecule has 1 aromatic heterocycles. The summed E-state index contributed by atoms with van der Waals surface area (Å²) in [7, 11) is 1.51. The Morgan fingerprint density at radius 1 is 1.17 bits per heavy atom. The number of ketones is 1. The van der Waals surface area contributed by atoms with Crippen molar-refractivity contribution in [1.82, 2.24) is 10.2 Å². The number of carbonyl (C=O) groups excluding carboxylic acids is 1. The first-order valence-electron chi connectivity index (χ1n) is 5.66. The minimum atomic E-state index is -0.0422. The number of Topliss-reactive ketones (excluding diaryl/α,β-unsaturated/α-hetero) is 1. The van der Waals surface area contributed by atoms with Gasteiger partial charge in [-0.25, -0.2) is 0 Å². The Hall–Kier alpha value is -2.23. The number of benzene rings is 1. The second-order valence-corrected chi connectivity index (χ2v) is 3.99. The van der Waals surface area contributed by atoms with E-state index in [-0.39, 0.29) is 5.78 Å². The Kier molecular flexibility index (Phi) is 3.67. The molecular weight excluding hydrogens is 228 g/mol. The fourth-order valence-corrected chi connectivity index (χ4v) is 1.65. The lowest BCUT2D eigenvalue weighted by Crippen LogP contribution is -2.08. The molecule has 0 saturated heterocycles. The van der Waals surface area contributed by atoms with Crippen LogP contribution in [0.1, 0.15) is 21.6 Å². The highest BCUT2D eigenvalue weighted by atomic mass is 16.5.